The van der Waals surface area contributed by atoms with E-state index < -0.39 is 72.1 Å². The zero-order valence-corrected chi connectivity index (χ0v) is 34.2. The predicted octanol–water partition coefficient (Wildman–Crippen LogP) is 3.56. The highest BCUT2D eigenvalue weighted by Crippen LogP contribution is 2.31. The Bertz CT molecular complexity index is 1690. The Morgan fingerprint density at radius 2 is 1.48 bits per heavy atom. The van der Waals surface area contributed by atoms with Gasteiger partial charge in [0.2, 0.25) is 35.3 Å². The average Bonchev–Trinajstić information content (AvgIpc) is 3.68. The summed E-state index contributed by atoms with van der Waals surface area (Å²) in [6.07, 6.45) is 6.86. The molecule has 1 heterocycles. The number of ketones is 1. The van der Waals surface area contributed by atoms with Crippen LogP contribution in [0.3, 0.4) is 0 Å². The number of likely N-dealkylation sites (tertiary alicyclic amines) is 1. The Balaban J connectivity index is 1.53. The van der Waals surface area contributed by atoms with Crippen molar-refractivity contribution in [3.8, 4) is 0 Å². The minimum absolute atomic E-state index is 0.0886. The van der Waals surface area contributed by atoms with Gasteiger partial charge in [-0.25, -0.2) is 0 Å². The van der Waals surface area contributed by atoms with Gasteiger partial charge in [-0.3, -0.25) is 33.6 Å². The Kier molecular flexibility index (Phi) is 18.3. The molecule has 6 atom stereocenters. The van der Waals surface area contributed by atoms with Crippen LogP contribution in [0, 0.1) is 5.92 Å². The molecule has 6 N–H and O–H groups in total. The number of nitrogens with two attached hydrogens (primary N) is 1. The number of carbonyl (C=O) groups excluding carboxylic acids is 7. The second-order valence-electron chi connectivity index (χ2n) is 15.5. The number of unbranched alkanes of at least 4 members (excludes halogenated alkanes) is 1. The maximum absolute atomic E-state index is 14.8. The lowest BCUT2D eigenvalue weighted by Gasteiger charge is -2.35. The van der Waals surface area contributed by atoms with Crippen molar-refractivity contribution in [3.05, 3.63) is 71.8 Å². The predicted molar refractivity (Wildman–Crippen MR) is 219 cm³/mol. The number of nitrogens with zero attached hydrogens (tertiary/aromatic N) is 1. The fraction of sp³-hybridized carbons (Fsp3) is 0.568. The summed E-state index contributed by atoms with van der Waals surface area (Å²) in [5.41, 5.74) is 7.18. The molecule has 0 bridgehead atoms. The molecule has 4 rings (SSSR count). The van der Waals surface area contributed by atoms with Crippen LogP contribution in [0.2, 0.25) is 0 Å². The van der Waals surface area contributed by atoms with E-state index in [-0.39, 0.29) is 43.7 Å². The molecule has 0 aromatic heterocycles. The molecule has 4 unspecified atom stereocenters. The van der Waals surface area contributed by atoms with Gasteiger partial charge in [0.1, 0.15) is 18.1 Å². The third kappa shape index (κ3) is 13.2. The van der Waals surface area contributed by atoms with Crippen LogP contribution in [0.5, 0.6) is 0 Å². The highest BCUT2D eigenvalue weighted by Gasteiger charge is 2.45. The van der Waals surface area contributed by atoms with Crippen LogP contribution in [0.4, 0.5) is 0 Å². The van der Waals surface area contributed by atoms with Crippen molar-refractivity contribution >= 4 is 41.2 Å². The van der Waals surface area contributed by atoms with Crippen molar-refractivity contribution in [1.82, 2.24) is 26.2 Å². The maximum atomic E-state index is 14.8. The normalized spacial score (nSPS) is 18.9. The number of hydrogen-bond acceptors (Lipinski definition) is 8. The fourth-order valence-corrected chi connectivity index (χ4v) is 7.91. The molecular weight excluding hydrogens is 741 g/mol. The molecule has 316 valence electrons. The summed E-state index contributed by atoms with van der Waals surface area (Å²) in [5.74, 6) is -5.29. The summed E-state index contributed by atoms with van der Waals surface area (Å²) in [4.78, 5) is 95.3. The number of benzene rings is 2. The van der Waals surface area contributed by atoms with E-state index in [9.17, 15) is 33.6 Å². The van der Waals surface area contributed by atoms with Gasteiger partial charge in [-0.15, -0.1) is 0 Å². The number of rotatable bonds is 22. The van der Waals surface area contributed by atoms with E-state index in [1.165, 1.54) is 4.90 Å². The summed E-state index contributed by atoms with van der Waals surface area (Å²) >= 11 is 0. The Hall–Kier alpha value is -5.11. The molecule has 14 nitrogen and oxygen atoms in total. The molecule has 1 aliphatic carbocycles. The first-order chi connectivity index (χ1) is 28.0. The summed E-state index contributed by atoms with van der Waals surface area (Å²) in [6, 6.07) is 14.9. The first-order valence-electron chi connectivity index (χ1n) is 21.0. The van der Waals surface area contributed by atoms with E-state index in [2.05, 4.69) is 21.3 Å². The standard InChI is InChI=1S/C44H62N6O8/c1-4-7-24-35(40(45)53)47-37(51)26-46-43(56)39(52)34(17-5-2)48-42(55)36-25-32(58-28-29-18-11-8-12-19-29)27-50(36)44(57)38(31-22-15-10-16-23-31)49-41(54)33(6-3)30-20-13-9-14-21-30/h8-9,11-14,18-21,31-36,38H,4-7,10,15-17,22-28H2,1-3H3,(H2,45,53)(H,46,56)(H,47,51)(H,48,55)(H,49,54)/t32-,33?,34?,35?,36+,38?/m1/s1. The van der Waals surface area contributed by atoms with Crippen molar-refractivity contribution in [2.45, 2.75) is 141 Å². The van der Waals surface area contributed by atoms with Crippen LogP contribution < -0.4 is 27.0 Å². The quantitative estimate of drug-likeness (QED) is 0.111. The van der Waals surface area contributed by atoms with Gasteiger partial charge in [0.05, 0.1) is 31.2 Å². The first kappa shape index (κ1) is 45.6. The highest BCUT2D eigenvalue weighted by molar-refractivity contribution is 6.38. The van der Waals surface area contributed by atoms with Gasteiger partial charge in [0, 0.05) is 13.0 Å². The zero-order valence-electron chi connectivity index (χ0n) is 34.2. The van der Waals surface area contributed by atoms with E-state index in [4.69, 9.17) is 10.5 Å². The fourth-order valence-electron chi connectivity index (χ4n) is 7.91. The molecule has 6 amide bonds. The molecule has 58 heavy (non-hydrogen) atoms. The number of amides is 6. The number of hydrogen-bond donors (Lipinski definition) is 5. The Morgan fingerprint density at radius 3 is 2.10 bits per heavy atom. The number of primary amides is 1. The zero-order chi connectivity index (χ0) is 42.0. The van der Waals surface area contributed by atoms with Crippen molar-refractivity contribution in [2.75, 3.05) is 13.1 Å². The number of Topliss-reactive ketones (excluding diaryl/α,β-unsaturated/α-hetero) is 1. The highest BCUT2D eigenvalue weighted by atomic mass is 16.5. The monoisotopic (exact) mass is 802 g/mol. The smallest absolute Gasteiger partial charge is 0.290 e. The van der Waals surface area contributed by atoms with Crippen LogP contribution in [0.15, 0.2) is 60.7 Å². The van der Waals surface area contributed by atoms with E-state index in [1.807, 2.05) is 74.5 Å². The minimum atomic E-state index is -1.24. The van der Waals surface area contributed by atoms with Crippen molar-refractivity contribution in [1.29, 1.82) is 0 Å². The second kappa shape index (κ2) is 23.3. The van der Waals surface area contributed by atoms with Gasteiger partial charge in [-0.1, -0.05) is 120 Å². The first-order valence-corrected chi connectivity index (χ1v) is 21.0. The van der Waals surface area contributed by atoms with E-state index >= 15 is 0 Å². The number of ether oxygens (including phenoxy) is 1. The van der Waals surface area contributed by atoms with Crippen LogP contribution in [-0.4, -0.2) is 89.5 Å². The van der Waals surface area contributed by atoms with Gasteiger partial charge < -0.3 is 36.6 Å². The third-order valence-corrected chi connectivity index (χ3v) is 11.2. The van der Waals surface area contributed by atoms with Crippen LogP contribution >= 0.6 is 0 Å². The largest absolute Gasteiger partial charge is 0.372 e. The summed E-state index contributed by atoms with van der Waals surface area (Å²) in [5, 5.41) is 10.6. The van der Waals surface area contributed by atoms with Crippen molar-refractivity contribution in [3.63, 3.8) is 0 Å². The van der Waals surface area contributed by atoms with Crippen molar-refractivity contribution < 1.29 is 38.3 Å². The summed E-state index contributed by atoms with van der Waals surface area (Å²) in [7, 11) is 0. The topological polar surface area (TPSA) is 206 Å². The molecule has 0 radical (unpaired) electrons. The summed E-state index contributed by atoms with van der Waals surface area (Å²) < 4.78 is 6.27. The lowest BCUT2D eigenvalue weighted by Crippen LogP contribution is -2.58. The average molecular weight is 803 g/mol. The number of carbonyl (C=O) groups is 7. The van der Waals surface area contributed by atoms with Gasteiger partial charge in [0.15, 0.2) is 0 Å². The Morgan fingerprint density at radius 1 is 0.810 bits per heavy atom. The molecule has 1 saturated heterocycles. The molecule has 1 aliphatic heterocycles. The van der Waals surface area contributed by atoms with Crippen molar-refractivity contribution in [2.24, 2.45) is 11.7 Å². The van der Waals surface area contributed by atoms with E-state index in [1.54, 1.807) is 6.92 Å². The molecule has 0 spiro atoms. The third-order valence-electron chi connectivity index (χ3n) is 11.2. The summed E-state index contributed by atoms with van der Waals surface area (Å²) in [6.45, 7) is 5.43. The van der Waals surface area contributed by atoms with Crippen LogP contribution in [-0.2, 0) is 44.9 Å². The second-order valence-corrected chi connectivity index (χ2v) is 15.5. The van der Waals surface area contributed by atoms with Gasteiger partial charge in [-0.05, 0) is 49.1 Å². The molecule has 14 heteroatoms. The molecule has 2 aliphatic rings. The minimum Gasteiger partial charge on any atom is -0.372 e. The van der Waals surface area contributed by atoms with E-state index in [0.717, 1.165) is 49.7 Å². The van der Waals surface area contributed by atoms with Gasteiger partial charge in [-0.2, -0.15) is 0 Å². The van der Waals surface area contributed by atoms with E-state index in [0.29, 0.717) is 25.7 Å². The molecule has 2 aromatic carbocycles. The maximum Gasteiger partial charge on any atom is 0.290 e. The lowest BCUT2D eigenvalue weighted by molar-refractivity contribution is -0.144. The van der Waals surface area contributed by atoms with Crippen LogP contribution in [0.1, 0.15) is 115 Å². The molecular formula is C44H62N6O8. The number of nitrogens with one attached hydrogen (secondary N) is 4. The van der Waals surface area contributed by atoms with Gasteiger partial charge in [0.25, 0.3) is 5.91 Å². The molecule has 2 aromatic rings. The van der Waals surface area contributed by atoms with Crippen LogP contribution in [0.25, 0.3) is 0 Å². The molecule has 1 saturated carbocycles. The lowest BCUT2D eigenvalue weighted by atomic mass is 9.82. The Labute approximate surface area is 342 Å². The molecule has 2 fully saturated rings. The SMILES string of the molecule is CCCCC(NC(=O)CNC(=O)C(=O)C(CCC)NC(=O)[C@@H]1C[C@@H](OCc2ccccc2)CN1C(=O)C(NC(=O)C(CC)c1ccccc1)C1CCCCC1)C(N)=O. The van der Waals surface area contributed by atoms with Gasteiger partial charge >= 0.3 is 0 Å².